The molecular weight excluding hydrogens is 152 g/mol. The molecule has 0 aliphatic heterocycles. The van der Waals surface area contributed by atoms with E-state index in [-0.39, 0.29) is 24.4 Å². The van der Waals surface area contributed by atoms with E-state index >= 15 is 0 Å². The van der Waals surface area contributed by atoms with Crippen LogP contribution in [0.2, 0.25) is 0 Å². The van der Waals surface area contributed by atoms with Crippen molar-refractivity contribution in [2.75, 3.05) is 0 Å². The van der Waals surface area contributed by atoms with Crippen molar-refractivity contribution in [3.63, 3.8) is 0 Å². The molecule has 64 valence electrons. The molecule has 0 radical (unpaired) electrons. The van der Waals surface area contributed by atoms with Gasteiger partial charge in [0.1, 0.15) is 0 Å². The molecule has 0 spiro atoms. The number of rotatable bonds is 6. The Hall–Kier alpha value is -1.44. The van der Waals surface area contributed by atoms with Crippen molar-refractivity contribution < 1.29 is 9.59 Å². The number of carbonyl (C=O) groups is 2. The van der Waals surface area contributed by atoms with Crippen LogP contribution in [0.3, 0.4) is 0 Å². The van der Waals surface area contributed by atoms with E-state index in [9.17, 15) is 9.59 Å². The van der Waals surface area contributed by atoms with Crippen LogP contribution in [0.5, 0.6) is 0 Å². The molecule has 0 aromatic heterocycles. The van der Waals surface area contributed by atoms with Crippen molar-refractivity contribution in [3.05, 3.63) is 37.5 Å². The number of ketones is 2. The van der Waals surface area contributed by atoms with Gasteiger partial charge in [0.2, 0.25) is 0 Å². The van der Waals surface area contributed by atoms with Crippen LogP contribution in [-0.4, -0.2) is 11.6 Å². The van der Waals surface area contributed by atoms with Gasteiger partial charge in [0, 0.05) is 12.8 Å². The van der Waals surface area contributed by atoms with E-state index in [0.29, 0.717) is 0 Å². The molecule has 0 fully saturated rings. The minimum absolute atomic E-state index is 0.109. The molecule has 0 amide bonds. The lowest BCUT2D eigenvalue weighted by molar-refractivity contribution is -0.116. The van der Waals surface area contributed by atoms with Gasteiger partial charge >= 0.3 is 0 Å². The number of allylic oxidation sites excluding steroid dienone is 4. The highest BCUT2D eigenvalue weighted by Crippen LogP contribution is 1.90. The van der Waals surface area contributed by atoms with E-state index in [0.717, 1.165) is 0 Å². The molecule has 0 aromatic carbocycles. The fourth-order valence-corrected chi connectivity index (χ4v) is 0.606. The van der Waals surface area contributed by atoms with Crippen LogP contribution in [0.25, 0.3) is 0 Å². The van der Waals surface area contributed by atoms with Gasteiger partial charge in [-0.2, -0.15) is 0 Å². The maximum absolute atomic E-state index is 10.8. The molecule has 0 aliphatic rings. The molecule has 0 rings (SSSR count). The summed E-state index contributed by atoms with van der Waals surface area (Å²) in [6, 6.07) is 0. The summed E-state index contributed by atoms with van der Waals surface area (Å²) in [5.41, 5.74) is 0. The molecule has 0 aromatic rings. The Morgan fingerprint density at radius 3 is 1.50 bits per heavy atom. The van der Waals surface area contributed by atoms with Gasteiger partial charge in [-0.15, -0.1) is 13.2 Å². The summed E-state index contributed by atoms with van der Waals surface area (Å²) in [5.74, 6) is -0.218. The van der Waals surface area contributed by atoms with Crippen LogP contribution >= 0.6 is 0 Å². The van der Waals surface area contributed by atoms with Crippen LogP contribution in [0.4, 0.5) is 0 Å². The summed E-state index contributed by atoms with van der Waals surface area (Å²) in [7, 11) is 0. The second-order valence-corrected chi connectivity index (χ2v) is 2.25. The predicted octanol–water partition coefficient (Wildman–Crippen LogP) is 1.83. The van der Waals surface area contributed by atoms with Crippen molar-refractivity contribution in [3.8, 4) is 0 Å². The zero-order valence-electron chi connectivity index (χ0n) is 6.95. The molecule has 2 nitrogen and oxygen atoms in total. The Morgan fingerprint density at radius 2 is 1.25 bits per heavy atom. The van der Waals surface area contributed by atoms with Crippen LogP contribution in [-0.2, 0) is 9.59 Å². The first kappa shape index (κ1) is 10.6. The van der Waals surface area contributed by atoms with Crippen molar-refractivity contribution >= 4 is 11.6 Å². The Kier molecular flexibility index (Phi) is 5.53. The molecule has 2 heteroatoms. The molecule has 0 aliphatic carbocycles. The van der Waals surface area contributed by atoms with Gasteiger partial charge in [0.25, 0.3) is 0 Å². The van der Waals surface area contributed by atoms with Gasteiger partial charge in [0.15, 0.2) is 11.6 Å². The molecule has 0 saturated heterocycles. The fraction of sp³-hybridized carbons (Fsp3) is 0.200. The van der Waals surface area contributed by atoms with Gasteiger partial charge in [-0.05, 0) is 12.2 Å². The van der Waals surface area contributed by atoms with E-state index in [2.05, 4.69) is 13.2 Å². The molecule has 0 heterocycles. The van der Waals surface area contributed by atoms with Crippen molar-refractivity contribution in [2.45, 2.75) is 12.8 Å². The third kappa shape index (κ3) is 5.35. The normalized spacial score (nSPS) is 9.67. The minimum Gasteiger partial charge on any atom is -0.295 e. The zero-order chi connectivity index (χ0) is 9.40. The maximum atomic E-state index is 10.8. The molecule has 12 heavy (non-hydrogen) atoms. The van der Waals surface area contributed by atoms with Gasteiger partial charge in [-0.25, -0.2) is 0 Å². The Bertz CT molecular complexity index is 200. The fourth-order valence-electron chi connectivity index (χ4n) is 0.606. The largest absolute Gasteiger partial charge is 0.295 e. The van der Waals surface area contributed by atoms with Crippen molar-refractivity contribution in [1.82, 2.24) is 0 Å². The zero-order valence-corrected chi connectivity index (χ0v) is 6.95. The van der Waals surface area contributed by atoms with Gasteiger partial charge in [0.05, 0.1) is 0 Å². The Balaban J connectivity index is 3.88. The third-order valence-corrected chi connectivity index (χ3v) is 1.15. The summed E-state index contributed by atoms with van der Waals surface area (Å²) in [6.07, 6.45) is 6.10. The van der Waals surface area contributed by atoms with Gasteiger partial charge < -0.3 is 0 Å². The van der Waals surface area contributed by atoms with Crippen LogP contribution in [0, 0.1) is 0 Å². The maximum Gasteiger partial charge on any atom is 0.159 e. The predicted molar refractivity (Wildman–Crippen MR) is 48.8 cm³/mol. The van der Waals surface area contributed by atoms with E-state index in [1.165, 1.54) is 24.3 Å². The molecule has 0 N–H and O–H groups in total. The summed E-state index contributed by atoms with van der Waals surface area (Å²) in [6.45, 7) is 6.82. The lowest BCUT2D eigenvalue weighted by Crippen LogP contribution is -1.93. The smallest absolute Gasteiger partial charge is 0.159 e. The lowest BCUT2D eigenvalue weighted by atomic mass is 10.2. The summed E-state index contributed by atoms with van der Waals surface area (Å²) >= 11 is 0. The van der Waals surface area contributed by atoms with E-state index in [1.54, 1.807) is 0 Å². The summed E-state index contributed by atoms with van der Waals surface area (Å²) < 4.78 is 0. The summed E-state index contributed by atoms with van der Waals surface area (Å²) in [5, 5.41) is 0. The lowest BCUT2D eigenvalue weighted by Gasteiger charge is -1.86. The van der Waals surface area contributed by atoms with Crippen LogP contribution in [0.15, 0.2) is 37.5 Å². The van der Waals surface area contributed by atoms with Crippen molar-refractivity contribution in [2.24, 2.45) is 0 Å². The first-order valence-electron chi connectivity index (χ1n) is 3.66. The number of hydrogen-bond acceptors (Lipinski definition) is 2. The first-order valence-corrected chi connectivity index (χ1v) is 3.66. The second-order valence-electron chi connectivity index (χ2n) is 2.25. The Labute approximate surface area is 72.3 Å². The minimum atomic E-state index is -0.109. The summed E-state index contributed by atoms with van der Waals surface area (Å²) in [4.78, 5) is 21.6. The van der Waals surface area contributed by atoms with Gasteiger partial charge in [-0.1, -0.05) is 12.2 Å². The molecule has 0 atom stereocenters. The third-order valence-electron chi connectivity index (χ3n) is 1.15. The molecule has 0 bridgehead atoms. The van der Waals surface area contributed by atoms with Crippen molar-refractivity contribution in [1.29, 1.82) is 0 Å². The average molecular weight is 164 g/mol. The number of hydrogen-bond donors (Lipinski definition) is 0. The first-order chi connectivity index (χ1) is 5.70. The highest BCUT2D eigenvalue weighted by atomic mass is 16.1. The Morgan fingerprint density at radius 1 is 0.917 bits per heavy atom. The highest BCUT2D eigenvalue weighted by Gasteiger charge is 1.94. The molecule has 0 saturated carbocycles. The van der Waals surface area contributed by atoms with Crippen LogP contribution < -0.4 is 0 Å². The quantitative estimate of drug-likeness (QED) is 0.443. The monoisotopic (exact) mass is 164 g/mol. The molecule has 0 unspecified atom stereocenters. The topological polar surface area (TPSA) is 34.1 Å². The SMILES string of the molecule is C=CCC(=O)C=CC(=O)CC=C. The number of carbonyl (C=O) groups excluding carboxylic acids is 2. The molecular formula is C10H12O2. The second kappa shape index (κ2) is 6.28. The van der Waals surface area contributed by atoms with E-state index in [1.807, 2.05) is 0 Å². The average Bonchev–Trinajstić information content (AvgIpc) is 2.02. The van der Waals surface area contributed by atoms with Gasteiger partial charge in [-0.3, -0.25) is 9.59 Å². The van der Waals surface area contributed by atoms with Crippen LogP contribution in [0.1, 0.15) is 12.8 Å². The van der Waals surface area contributed by atoms with E-state index in [4.69, 9.17) is 0 Å². The standard InChI is InChI=1S/C10H12O2/c1-3-5-9(11)7-8-10(12)6-4-2/h3-4,7-8H,1-2,5-6H2. The van der Waals surface area contributed by atoms with E-state index < -0.39 is 0 Å². The highest BCUT2D eigenvalue weighted by molar-refractivity contribution is 5.99.